The first-order valence-corrected chi connectivity index (χ1v) is 3.08. The second-order valence-electron chi connectivity index (χ2n) is 2.08. The van der Waals surface area contributed by atoms with Crippen LogP contribution >= 0.6 is 0 Å². The second kappa shape index (κ2) is 2.02. The van der Waals surface area contributed by atoms with Crippen molar-refractivity contribution in [3.8, 4) is 0 Å². The molecule has 1 aliphatic rings. The zero-order chi connectivity index (χ0) is 6.81. The van der Waals surface area contributed by atoms with Gasteiger partial charge in [-0.15, -0.1) is 0 Å². The lowest BCUT2D eigenvalue weighted by Gasteiger charge is -2.03. The SMILES string of the molecule is C1=c2ccncc2=CNN1. The van der Waals surface area contributed by atoms with E-state index in [-0.39, 0.29) is 0 Å². The summed E-state index contributed by atoms with van der Waals surface area (Å²) in [6, 6.07) is 1.96. The highest BCUT2D eigenvalue weighted by Gasteiger charge is 1.87. The number of hydrogen-bond donors (Lipinski definition) is 2. The molecule has 0 bridgehead atoms. The van der Waals surface area contributed by atoms with E-state index in [2.05, 4.69) is 15.8 Å². The van der Waals surface area contributed by atoms with Crippen molar-refractivity contribution in [2.75, 3.05) is 0 Å². The van der Waals surface area contributed by atoms with Gasteiger partial charge in [-0.2, -0.15) is 0 Å². The van der Waals surface area contributed by atoms with Crippen molar-refractivity contribution < 1.29 is 0 Å². The minimum atomic E-state index is 1.11. The van der Waals surface area contributed by atoms with Gasteiger partial charge in [-0.3, -0.25) is 4.98 Å². The molecule has 1 aromatic heterocycles. The molecule has 3 heteroatoms. The zero-order valence-electron chi connectivity index (χ0n) is 5.33. The minimum absolute atomic E-state index is 1.11. The third-order valence-electron chi connectivity index (χ3n) is 1.43. The van der Waals surface area contributed by atoms with Crippen LogP contribution in [0.4, 0.5) is 0 Å². The molecule has 0 atom stereocenters. The van der Waals surface area contributed by atoms with Gasteiger partial charge in [-0.25, -0.2) is 0 Å². The van der Waals surface area contributed by atoms with Crippen molar-refractivity contribution >= 4 is 12.4 Å². The molecule has 2 N–H and O–H groups in total. The summed E-state index contributed by atoms with van der Waals surface area (Å²) in [7, 11) is 0. The molecule has 2 rings (SSSR count). The molecule has 0 spiro atoms. The Hall–Kier alpha value is -1.51. The van der Waals surface area contributed by atoms with Crippen LogP contribution in [-0.2, 0) is 0 Å². The Morgan fingerprint density at radius 2 is 1.90 bits per heavy atom. The number of hydrogen-bond acceptors (Lipinski definition) is 3. The number of fused-ring (bicyclic) bond motifs is 1. The van der Waals surface area contributed by atoms with Gasteiger partial charge >= 0.3 is 0 Å². The summed E-state index contributed by atoms with van der Waals surface area (Å²) in [5, 5.41) is 2.27. The fraction of sp³-hybridized carbons (Fsp3) is 0. The topological polar surface area (TPSA) is 37.0 Å². The lowest BCUT2D eigenvalue weighted by molar-refractivity contribution is 0.842. The standard InChI is InChI=1S/C7H7N3/c1-2-8-3-7-5-10-9-4-6(1)7/h1-5,9-10H. The van der Waals surface area contributed by atoms with E-state index in [0.717, 1.165) is 10.4 Å². The van der Waals surface area contributed by atoms with E-state index in [1.54, 1.807) is 6.20 Å². The second-order valence-corrected chi connectivity index (χ2v) is 2.08. The molecule has 1 aliphatic heterocycles. The van der Waals surface area contributed by atoms with Gasteiger partial charge in [0.15, 0.2) is 0 Å². The maximum atomic E-state index is 3.98. The molecule has 0 aromatic carbocycles. The molecule has 3 nitrogen and oxygen atoms in total. The first-order valence-electron chi connectivity index (χ1n) is 3.08. The summed E-state index contributed by atoms with van der Waals surface area (Å²) >= 11 is 0. The molecule has 50 valence electrons. The number of rotatable bonds is 0. The Morgan fingerprint density at radius 1 is 1.10 bits per heavy atom. The highest BCUT2D eigenvalue weighted by Crippen LogP contribution is 1.66. The van der Waals surface area contributed by atoms with Crippen molar-refractivity contribution in [2.45, 2.75) is 0 Å². The Bertz CT molecular complexity index is 307. The average molecular weight is 133 g/mol. The van der Waals surface area contributed by atoms with Gasteiger partial charge in [0.1, 0.15) is 0 Å². The van der Waals surface area contributed by atoms with E-state index in [1.807, 2.05) is 24.7 Å². The highest BCUT2D eigenvalue weighted by atomic mass is 15.3. The number of hydrazine groups is 1. The number of pyridine rings is 1. The lowest BCUT2D eigenvalue weighted by atomic mass is 10.3. The number of nitrogens with one attached hydrogen (secondary N) is 2. The Morgan fingerprint density at radius 3 is 2.70 bits per heavy atom. The number of aromatic nitrogens is 1. The fourth-order valence-corrected chi connectivity index (χ4v) is 0.908. The van der Waals surface area contributed by atoms with Gasteiger partial charge in [0, 0.05) is 35.2 Å². The van der Waals surface area contributed by atoms with Crippen molar-refractivity contribution in [2.24, 2.45) is 0 Å². The van der Waals surface area contributed by atoms with Crippen LogP contribution in [0, 0.1) is 0 Å². The first kappa shape index (κ1) is 5.29. The first-order chi connectivity index (χ1) is 4.97. The molecule has 10 heavy (non-hydrogen) atoms. The molecule has 2 heterocycles. The van der Waals surface area contributed by atoms with E-state index in [4.69, 9.17) is 0 Å². The van der Waals surface area contributed by atoms with Crippen molar-refractivity contribution in [3.05, 3.63) is 28.9 Å². The maximum Gasteiger partial charge on any atom is 0.0362 e. The summed E-state index contributed by atoms with van der Waals surface area (Å²) in [5.41, 5.74) is 5.75. The third kappa shape index (κ3) is 0.719. The van der Waals surface area contributed by atoms with E-state index >= 15 is 0 Å². The molecule has 0 fully saturated rings. The fourth-order valence-electron chi connectivity index (χ4n) is 0.908. The summed E-state index contributed by atoms with van der Waals surface area (Å²) in [6.07, 6.45) is 7.37. The van der Waals surface area contributed by atoms with Crippen LogP contribution in [0.3, 0.4) is 0 Å². The Labute approximate surface area is 58.1 Å². The lowest BCUT2D eigenvalue weighted by Crippen LogP contribution is -2.38. The predicted molar refractivity (Wildman–Crippen MR) is 38.7 cm³/mol. The van der Waals surface area contributed by atoms with Gasteiger partial charge in [-0.1, -0.05) is 0 Å². The quantitative estimate of drug-likeness (QED) is 0.460. The molecule has 0 amide bonds. The van der Waals surface area contributed by atoms with Crippen molar-refractivity contribution in [3.63, 3.8) is 0 Å². The molecule has 0 saturated heterocycles. The van der Waals surface area contributed by atoms with Gasteiger partial charge in [0.25, 0.3) is 0 Å². The molecule has 0 radical (unpaired) electrons. The third-order valence-corrected chi connectivity index (χ3v) is 1.43. The van der Waals surface area contributed by atoms with Crippen LogP contribution in [0.25, 0.3) is 12.4 Å². The van der Waals surface area contributed by atoms with Crippen molar-refractivity contribution in [1.82, 2.24) is 15.8 Å². The van der Waals surface area contributed by atoms with E-state index < -0.39 is 0 Å². The molecule has 0 unspecified atom stereocenters. The Balaban J connectivity index is 2.84. The van der Waals surface area contributed by atoms with Crippen LogP contribution in [-0.4, -0.2) is 4.98 Å². The number of nitrogens with zero attached hydrogens (tertiary/aromatic N) is 1. The van der Waals surface area contributed by atoms with Crippen LogP contribution in [0.5, 0.6) is 0 Å². The van der Waals surface area contributed by atoms with Crippen LogP contribution < -0.4 is 21.3 Å². The van der Waals surface area contributed by atoms with Crippen LogP contribution in [0.1, 0.15) is 0 Å². The molecule has 1 aromatic rings. The molecular weight excluding hydrogens is 126 g/mol. The van der Waals surface area contributed by atoms with E-state index in [1.165, 1.54) is 0 Å². The summed E-state index contributed by atoms with van der Waals surface area (Å²) < 4.78 is 0. The predicted octanol–water partition coefficient (Wildman–Crippen LogP) is -1.33. The maximum absolute atomic E-state index is 3.98. The molecule has 0 aliphatic carbocycles. The van der Waals surface area contributed by atoms with Crippen LogP contribution in [0.15, 0.2) is 18.5 Å². The van der Waals surface area contributed by atoms with Gasteiger partial charge in [-0.05, 0) is 6.07 Å². The Kier molecular flexibility index (Phi) is 1.07. The van der Waals surface area contributed by atoms with Crippen molar-refractivity contribution in [1.29, 1.82) is 0 Å². The summed E-state index contributed by atoms with van der Waals surface area (Å²) in [4.78, 5) is 3.98. The van der Waals surface area contributed by atoms with Crippen LogP contribution in [0.2, 0.25) is 0 Å². The van der Waals surface area contributed by atoms with Gasteiger partial charge < -0.3 is 10.9 Å². The smallest absolute Gasteiger partial charge is 0.0362 e. The van der Waals surface area contributed by atoms with Gasteiger partial charge in [0.2, 0.25) is 0 Å². The normalized spacial score (nSPS) is 13.2. The van der Waals surface area contributed by atoms with E-state index in [0.29, 0.717) is 0 Å². The minimum Gasteiger partial charge on any atom is -0.308 e. The van der Waals surface area contributed by atoms with Gasteiger partial charge in [0.05, 0.1) is 0 Å². The zero-order valence-corrected chi connectivity index (χ0v) is 5.33. The average Bonchev–Trinajstić information content (AvgIpc) is 2.05. The summed E-state index contributed by atoms with van der Waals surface area (Å²) in [6.45, 7) is 0. The largest absolute Gasteiger partial charge is 0.308 e. The summed E-state index contributed by atoms with van der Waals surface area (Å²) in [5.74, 6) is 0. The molecular formula is C7H7N3. The highest BCUT2D eigenvalue weighted by molar-refractivity contribution is 5.32. The monoisotopic (exact) mass is 133 g/mol. The van der Waals surface area contributed by atoms with E-state index in [9.17, 15) is 0 Å². The molecule has 0 saturated carbocycles.